The van der Waals surface area contributed by atoms with Crippen LogP contribution in [-0.4, -0.2) is 21.6 Å². The number of benzene rings is 1. The zero-order chi connectivity index (χ0) is 16.0. The first kappa shape index (κ1) is 13.6. The van der Waals surface area contributed by atoms with Gasteiger partial charge in [0.1, 0.15) is 0 Å². The van der Waals surface area contributed by atoms with Crippen molar-refractivity contribution in [2.75, 3.05) is 7.11 Å². The summed E-state index contributed by atoms with van der Waals surface area (Å²) in [6.07, 6.45) is 5.53. The molecule has 3 aromatic heterocycles. The monoisotopic (exact) mass is 305 g/mol. The predicted molar refractivity (Wildman–Crippen MR) is 90.8 cm³/mol. The second-order valence-corrected chi connectivity index (χ2v) is 5.47. The molecule has 0 spiro atoms. The van der Waals surface area contributed by atoms with Crippen LogP contribution in [0.3, 0.4) is 0 Å². The molecule has 4 rings (SSSR count). The second-order valence-electron chi connectivity index (χ2n) is 5.47. The van der Waals surface area contributed by atoms with Crippen LogP contribution in [0.1, 0.15) is 0 Å². The summed E-state index contributed by atoms with van der Waals surface area (Å²) in [6.45, 7) is 0. The molecule has 0 radical (unpaired) electrons. The van der Waals surface area contributed by atoms with Gasteiger partial charge in [-0.05, 0) is 6.07 Å². The average Bonchev–Trinajstić information content (AvgIpc) is 2.91. The van der Waals surface area contributed by atoms with Crippen molar-refractivity contribution in [1.82, 2.24) is 14.5 Å². The lowest BCUT2D eigenvalue weighted by atomic mass is 10.0. The van der Waals surface area contributed by atoms with E-state index in [1.54, 1.807) is 25.6 Å². The number of H-pyrrole nitrogens is 1. The quantitative estimate of drug-likeness (QED) is 0.619. The first-order valence-corrected chi connectivity index (χ1v) is 7.29. The summed E-state index contributed by atoms with van der Waals surface area (Å²) in [4.78, 5) is 19.6. The number of aromatic amines is 1. The van der Waals surface area contributed by atoms with Gasteiger partial charge in [0.25, 0.3) is 0 Å². The first-order chi connectivity index (χ1) is 11.2. The van der Waals surface area contributed by atoms with Crippen LogP contribution >= 0.6 is 0 Å². The number of aryl methyl sites for hydroxylation is 1. The smallest absolute Gasteiger partial charge is 0.213 e. The van der Waals surface area contributed by atoms with Crippen molar-refractivity contribution in [3.05, 3.63) is 59.1 Å². The lowest BCUT2D eigenvalue weighted by Crippen LogP contribution is -2.00. The topological polar surface area (TPSA) is 59.9 Å². The number of methoxy groups -OCH3 is 1. The Morgan fingerprint density at radius 2 is 2.04 bits per heavy atom. The molecule has 23 heavy (non-hydrogen) atoms. The lowest BCUT2D eigenvalue weighted by molar-refractivity contribution is 0.398. The Hall–Kier alpha value is -3.08. The molecule has 1 aromatic carbocycles. The van der Waals surface area contributed by atoms with Crippen molar-refractivity contribution < 1.29 is 4.74 Å². The highest BCUT2D eigenvalue weighted by atomic mass is 16.5. The number of para-hydroxylation sites is 1. The highest BCUT2D eigenvalue weighted by Crippen LogP contribution is 2.34. The Labute approximate surface area is 132 Å². The molecular formula is C18H15N3O2. The third-order valence-electron chi connectivity index (χ3n) is 4.14. The minimum Gasteiger partial charge on any atom is -0.481 e. The number of ether oxygens (including phenoxy) is 1. The number of rotatable bonds is 2. The van der Waals surface area contributed by atoms with E-state index in [0.29, 0.717) is 11.3 Å². The van der Waals surface area contributed by atoms with Crippen molar-refractivity contribution in [1.29, 1.82) is 0 Å². The van der Waals surface area contributed by atoms with Crippen LogP contribution in [0.15, 0.2) is 53.7 Å². The molecule has 5 heteroatoms. The van der Waals surface area contributed by atoms with Crippen LogP contribution in [0.25, 0.3) is 32.9 Å². The van der Waals surface area contributed by atoms with E-state index in [4.69, 9.17) is 4.74 Å². The van der Waals surface area contributed by atoms with E-state index in [2.05, 4.69) is 9.97 Å². The maximum Gasteiger partial charge on any atom is 0.213 e. The Kier molecular flexibility index (Phi) is 2.94. The number of nitrogens with one attached hydrogen (secondary N) is 1. The fourth-order valence-corrected chi connectivity index (χ4v) is 3.01. The average molecular weight is 305 g/mol. The van der Waals surface area contributed by atoms with Gasteiger partial charge in [-0.3, -0.25) is 4.79 Å². The van der Waals surface area contributed by atoms with Gasteiger partial charge >= 0.3 is 0 Å². The second kappa shape index (κ2) is 4.98. The number of pyridine rings is 2. The van der Waals surface area contributed by atoms with Gasteiger partial charge in [-0.15, -0.1) is 0 Å². The maximum atomic E-state index is 12.1. The molecule has 0 aliphatic heterocycles. The molecule has 0 aliphatic rings. The molecule has 0 saturated carbocycles. The normalized spacial score (nSPS) is 11.2. The molecule has 1 N–H and O–H groups in total. The minimum absolute atomic E-state index is 0.0140. The number of hydrogen-bond acceptors (Lipinski definition) is 3. The van der Waals surface area contributed by atoms with Crippen molar-refractivity contribution in [3.8, 4) is 17.0 Å². The molecule has 0 saturated heterocycles. The highest BCUT2D eigenvalue weighted by molar-refractivity contribution is 6.03. The first-order valence-electron chi connectivity index (χ1n) is 7.29. The zero-order valence-corrected chi connectivity index (χ0v) is 12.8. The van der Waals surface area contributed by atoms with Crippen LogP contribution in [0.4, 0.5) is 0 Å². The predicted octanol–water partition coefficient (Wildman–Crippen LogP) is 3.09. The largest absolute Gasteiger partial charge is 0.481 e. The minimum atomic E-state index is 0.0140. The van der Waals surface area contributed by atoms with Crippen molar-refractivity contribution in [2.24, 2.45) is 7.05 Å². The Bertz CT molecular complexity index is 1090. The zero-order valence-electron chi connectivity index (χ0n) is 12.8. The SMILES string of the molecule is COc1cc2c(-c3cccc4c(=O)cc[nH]c34)cn(C)c2cn1. The molecule has 5 nitrogen and oxygen atoms in total. The van der Waals surface area contributed by atoms with E-state index in [-0.39, 0.29) is 5.43 Å². The van der Waals surface area contributed by atoms with E-state index < -0.39 is 0 Å². The van der Waals surface area contributed by atoms with Gasteiger partial charge in [-0.25, -0.2) is 4.98 Å². The maximum absolute atomic E-state index is 12.1. The Balaban J connectivity index is 2.11. The highest BCUT2D eigenvalue weighted by Gasteiger charge is 2.13. The van der Waals surface area contributed by atoms with Crippen molar-refractivity contribution >= 4 is 21.8 Å². The number of fused-ring (bicyclic) bond motifs is 2. The molecular weight excluding hydrogens is 290 g/mol. The van der Waals surface area contributed by atoms with Crippen LogP contribution in [0.5, 0.6) is 5.88 Å². The van der Waals surface area contributed by atoms with E-state index in [1.165, 1.54) is 0 Å². The van der Waals surface area contributed by atoms with Crippen molar-refractivity contribution in [2.45, 2.75) is 0 Å². The molecule has 0 fully saturated rings. The van der Waals surface area contributed by atoms with Gasteiger partial charge in [0.2, 0.25) is 5.88 Å². The summed E-state index contributed by atoms with van der Waals surface area (Å²) < 4.78 is 7.28. The van der Waals surface area contributed by atoms with Crippen molar-refractivity contribution in [3.63, 3.8) is 0 Å². The molecule has 0 atom stereocenters. The summed E-state index contributed by atoms with van der Waals surface area (Å²) in [5, 5.41) is 1.72. The van der Waals surface area contributed by atoms with E-state index in [0.717, 1.165) is 27.5 Å². The third-order valence-corrected chi connectivity index (χ3v) is 4.14. The van der Waals surface area contributed by atoms with E-state index in [1.807, 2.05) is 42.1 Å². The Morgan fingerprint density at radius 1 is 1.17 bits per heavy atom. The standard InChI is InChI=1S/C18H15N3O2/c1-21-10-14(13-8-17(23-2)20-9-15(13)21)11-4-3-5-12-16(22)6-7-19-18(11)12/h3-10H,1-2H3,(H,19,22). The summed E-state index contributed by atoms with van der Waals surface area (Å²) in [5.41, 5.74) is 3.88. The van der Waals surface area contributed by atoms with Gasteiger partial charge in [-0.2, -0.15) is 0 Å². The molecule has 0 bridgehead atoms. The molecule has 0 aliphatic carbocycles. The Morgan fingerprint density at radius 3 is 2.87 bits per heavy atom. The fourth-order valence-electron chi connectivity index (χ4n) is 3.01. The van der Waals surface area contributed by atoms with Gasteiger partial charge in [0.15, 0.2) is 5.43 Å². The number of nitrogens with zero attached hydrogens (tertiary/aromatic N) is 2. The molecule has 0 unspecified atom stereocenters. The number of hydrogen-bond donors (Lipinski definition) is 1. The van der Waals surface area contributed by atoms with Gasteiger partial charge in [0.05, 0.1) is 24.3 Å². The molecule has 3 heterocycles. The summed E-state index contributed by atoms with van der Waals surface area (Å²) in [6, 6.07) is 9.22. The van der Waals surface area contributed by atoms with Crippen LogP contribution in [0, 0.1) is 0 Å². The molecule has 4 aromatic rings. The van der Waals surface area contributed by atoms with E-state index >= 15 is 0 Å². The van der Waals surface area contributed by atoms with Crippen LogP contribution in [-0.2, 0) is 7.05 Å². The molecule has 114 valence electrons. The van der Waals surface area contributed by atoms with Gasteiger partial charge in [0, 0.05) is 53.5 Å². The van der Waals surface area contributed by atoms with Gasteiger partial charge < -0.3 is 14.3 Å². The summed E-state index contributed by atoms with van der Waals surface area (Å²) in [5.74, 6) is 0.568. The number of aromatic nitrogens is 3. The fraction of sp³-hybridized carbons (Fsp3) is 0.111. The summed E-state index contributed by atoms with van der Waals surface area (Å²) >= 11 is 0. The third kappa shape index (κ3) is 2.01. The summed E-state index contributed by atoms with van der Waals surface area (Å²) in [7, 11) is 3.58. The van der Waals surface area contributed by atoms with E-state index in [9.17, 15) is 4.79 Å². The van der Waals surface area contributed by atoms with Crippen LogP contribution < -0.4 is 10.2 Å². The van der Waals surface area contributed by atoms with Gasteiger partial charge in [-0.1, -0.05) is 12.1 Å². The molecule has 0 amide bonds. The lowest BCUT2D eigenvalue weighted by Gasteiger charge is -2.05. The van der Waals surface area contributed by atoms with Crippen LogP contribution in [0.2, 0.25) is 0 Å².